The van der Waals surface area contributed by atoms with Gasteiger partial charge in [0.1, 0.15) is 18.2 Å². The van der Waals surface area contributed by atoms with E-state index >= 15 is 0 Å². The first-order valence-electron chi connectivity index (χ1n) is 7.64. The van der Waals surface area contributed by atoms with Crippen LogP contribution in [-0.4, -0.2) is 28.7 Å². The van der Waals surface area contributed by atoms with E-state index in [9.17, 15) is 18.7 Å². The Morgan fingerprint density at radius 3 is 2.36 bits per heavy atom. The van der Waals surface area contributed by atoms with Crippen molar-refractivity contribution < 1.29 is 23.4 Å². The summed E-state index contributed by atoms with van der Waals surface area (Å²) in [5, 5.41) is 12.8. The second-order valence-electron chi connectivity index (χ2n) is 5.52. The van der Waals surface area contributed by atoms with Gasteiger partial charge in [-0.25, -0.2) is 13.6 Å². The summed E-state index contributed by atoms with van der Waals surface area (Å²) in [6.45, 7) is 0.0817. The van der Waals surface area contributed by atoms with Gasteiger partial charge in [0.2, 0.25) is 0 Å². The van der Waals surface area contributed by atoms with Crippen LogP contribution in [-0.2, 0) is 17.8 Å². The Morgan fingerprint density at radius 1 is 1.12 bits per heavy atom. The fourth-order valence-corrected chi connectivity index (χ4v) is 2.74. The van der Waals surface area contributed by atoms with Crippen molar-refractivity contribution in [3.63, 3.8) is 0 Å². The van der Waals surface area contributed by atoms with Gasteiger partial charge in [0, 0.05) is 11.4 Å². The molecule has 0 bridgehead atoms. The molecule has 0 aliphatic rings. The van der Waals surface area contributed by atoms with Crippen LogP contribution < -0.4 is 5.32 Å². The summed E-state index contributed by atoms with van der Waals surface area (Å²) in [5.41, 5.74) is 1.15. The van der Waals surface area contributed by atoms with E-state index < -0.39 is 29.9 Å². The van der Waals surface area contributed by atoms with Crippen LogP contribution in [0.25, 0.3) is 0 Å². The van der Waals surface area contributed by atoms with Crippen molar-refractivity contribution in [1.82, 2.24) is 5.32 Å². The maximum Gasteiger partial charge on any atom is 0.407 e. The van der Waals surface area contributed by atoms with Crippen molar-refractivity contribution >= 4 is 22.0 Å². The van der Waals surface area contributed by atoms with Gasteiger partial charge < -0.3 is 15.2 Å². The molecule has 1 amide bonds. The molecule has 2 N–H and O–H groups in total. The highest BCUT2D eigenvalue weighted by Gasteiger charge is 2.22. The maximum atomic E-state index is 13.3. The van der Waals surface area contributed by atoms with Gasteiger partial charge in [-0.05, 0) is 29.7 Å². The molecule has 2 aromatic carbocycles. The molecule has 2 aromatic rings. The van der Waals surface area contributed by atoms with Crippen molar-refractivity contribution in [2.45, 2.75) is 25.2 Å². The number of benzene rings is 2. The van der Waals surface area contributed by atoms with Gasteiger partial charge in [0.05, 0.1) is 12.1 Å². The Hall–Kier alpha value is -1.99. The first-order chi connectivity index (χ1) is 12.0. The van der Waals surface area contributed by atoms with E-state index in [1.807, 2.05) is 30.3 Å². The number of carbonyl (C=O) groups excluding carboxylic acids is 1. The molecule has 0 radical (unpaired) electrons. The topological polar surface area (TPSA) is 58.6 Å². The van der Waals surface area contributed by atoms with Gasteiger partial charge in [-0.3, -0.25) is 0 Å². The third-order valence-corrected chi connectivity index (χ3v) is 4.18. The minimum atomic E-state index is -0.949. The number of aliphatic hydroxyl groups is 1. The molecule has 0 fully saturated rings. The normalized spacial score (nSPS) is 13.1. The highest BCUT2D eigenvalue weighted by Crippen LogP contribution is 2.13. The van der Waals surface area contributed by atoms with Gasteiger partial charge in [-0.15, -0.1) is 0 Å². The summed E-state index contributed by atoms with van der Waals surface area (Å²) in [6.07, 6.45) is -1.61. The quantitative estimate of drug-likeness (QED) is 0.682. The second kappa shape index (κ2) is 9.48. The van der Waals surface area contributed by atoms with Crippen molar-refractivity contribution in [3.8, 4) is 0 Å². The molecule has 0 spiro atoms. The average molecular weight is 414 g/mol. The molecule has 2 atom stereocenters. The molecule has 0 aliphatic carbocycles. The van der Waals surface area contributed by atoms with Gasteiger partial charge in [-0.2, -0.15) is 0 Å². The first kappa shape index (κ1) is 19.3. The minimum Gasteiger partial charge on any atom is -0.445 e. The molecule has 0 unspecified atom stereocenters. The third-order valence-electron chi connectivity index (χ3n) is 3.52. The number of ether oxygens (including phenoxy) is 1. The Balaban J connectivity index is 1.98. The summed E-state index contributed by atoms with van der Waals surface area (Å²) in [7, 11) is 0. The Morgan fingerprint density at radius 2 is 1.76 bits per heavy atom. The van der Waals surface area contributed by atoms with Crippen LogP contribution >= 0.6 is 15.9 Å². The zero-order valence-electron chi connectivity index (χ0n) is 13.3. The van der Waals surface area contributed by atoms with Gasteiger partial charge in [0.25, 0.3) is 0 Å². The number of alkyl halides is 1. The lowest BCUT2D eigenvalue weighted by Gasteiger charge is -2.22. The van der Waals surface area contributed by atoms with Crippen LogP contribution in [0.4, 0.5) is 13.6 Å². The van der Waals surface area contributed by atoms with E-state index in [2.05, 4.69) is 21.2 Å². The molecular formula is C18H18BrF2NO3. The molecule has 0 aliphatic heterocycles. The smallest absolute Gasteiger partial charge is 0.407 e. The fourth-order valence-electron chi connectivity index (χ4n) is 2.29. The molecule has 0 heterocycles. The van der Waals surface area contributed by atoms with Crippen molar-refractivity contribution in [2.75, 3.05) is 5.33 Å². The Labute approximate surface area is 152 Å². The predicted molar refractivity (Wildman–Crippen MR) is 93.4 cm³/mol. The summed E-state index contributed by atoms with van der Waals surface area (Å²) in [6, 6.07) is 11.5. The number of halogens is 3. The summed E-state index contributed by atoms with van der Waals surface area (Å²) >= 11 is 3.13. The minimum absolute atomic E-state index is 0.0574. The van der Waals surface area contributed by atoms with Crippen molar-refractivity contribution in [3.05, 3.63) is 71.3 Å². The van der Waals surface area contributed by atoms with Crippen LogP contribution in [0.15, 0.2) is 48.5 Å². The van der Waals surface area contributed by atoms with Gasteiger partial charge >= 0.3 is 6.09 Å². The number of alkyl carbamates (subject to hydrolysis) is 1. The van der Waals surface area contributed by atoms with E-state index in [1.165, 1.54) is 0 Å². The number of hydrogen-bond donors (Lipinski definition) is 2. The Kier molecular flexibility index (Phi) is 7.33. The molecule has 134 valence electrons. The highest BCUT2D eigenvalue weighted by atomic mass is 79.9. The molecule has 4 nitrogen and oxygen atoms in total. The third kappa shape index (κ3) is 6.43. The molecule has 25 heavy (non-hydrogen) atoms. The van der Waals surface area contributed by atoms with E-state index in [-0.39, 0.29) is 18.4 Å². The number of aliphatic hydroxyl groups excluding tert-OH is 1. The Bertz CT molecular complexity index is 680. The standard InChI is InChI=1S/C18H18BrF2NO3/c19-10-17(23)16(8-13-6-14(20)9-15(21)7-13)22-18(24)25-11-12-4-2-1-3-5-12/h1-7,9,16-17,23H,8,10-11H2,(H,22,24)/t16-,17+/m0/s1. The molecule has 2 rings (SSSR count). The predicted octanol–water partition coefficient (Wildman–Crippen LogP) is 3.56. The van der Waals surface area contributed by atoms with E-state index in [0.29, 0.717) is 5.56 Å². The lowest BCUT2D eigenvalue weighted by Crippen LogP contribution is -2.45. The summed E-state index contributed by atoms with van der Waals surface area (Å²) in [5.74, 6) is -1.43. The van der Waals surface area contributed by atoms with Crippen LogP contribution in [0, 0.1) is 11.6 Å². The molecule has 7 heteroatoms. The van der Waals surface area contributed by atoms with E-state index in [1.54, 1.807) is 0 Å². The van der Waals surface area contributed by atoms with Crippen molar-refractivity contribution in [2.24, 2.45) is 0 Å². The second-order valence-corrected chi connectivity index (χ2v) is 6.16. The molecular weight excluding hydrogens is 396 g/mol. The number of rotatable bonds is 7. The van der Waals surface area contributed by atoms with Gasteiger partial charge in [0.15, 0.2) is 0 Å². The zero-order valence-corrected chi connectivity index (χ0v) is 14.9. The number of amides is 1. The average Bonchev–Trinajstić information content (AvgIpc) is 2.58. The number of hydrogen-bond acceptors (Lipinski definition) is 3. The summed E-state index contributed by atoms with van der Waals surface area (Å²) < 4.78 is 31.7. The zero-order chi connectivity index (χ0) is 18.2. The largest absolute Gasteiger partial charge is 0.445 e. The van der Waals surface area contributed by atoms with Gasteiger partial charge in [-0.1, -0.05) is 46.3 Å². The van der Waals surface area contributed by atoms with E-state index in [0.717, 1.165) is 23.8 Å². The lowest BCUT2D eigenvalue weighted by molar-refractivity contribution is 0.111. The van der Waals surface area contributed by atoms with Crippen molar-refractivity contribution in [1.29, 1.82) is 0 Å². The monoisotopic (exact) mass is 413 g/mol. The molecule has 0 saturated heterocycles. The van der Waals surface area contributed by atoms with Crippen LogP contribution in [0.3, 0.4) is 0 Å². The SMILES string of the molecule is O=C(N[C@@H](Cc1cc(F)cc(F)c1)[C@H](O)CBr)OCc1ccccc1. The molecule has 0 aromatic heterocycles. The first-order valence-corrected chi connectivity index (χ1v) is 8.76. The van der Waals surface area contributed by atoms with E-state index in [4.69, 9.17) is 4.74 Å². The maximum absolute atomic E-state index is 13.3. The molecule has 0 saturated carbocycles. The highest BCUT2D eigenvalue weighted by molar-refractivity contribution is 9.09. The fraction of sp³-hybridized carbons (Fsp3) is 0.278. The number of nitrogens with one attached hydrogen (secondary N) is 1. The lowest BCUT2D eigenvalue weighted by atomic mass is 10.0. The summed E-state index contributed by atoms with van der Waals surface area (Å²) in [4.78, 5) is 12.0. The van der Waals surface area contributed by atoms with Crippen LogP contribution in [0.5, 0.6) is 0 Å². The number of carbonyl (C=O) groups is 1. The van der Waals surface area contributed by atoms with Crippen LogP contribution in [0.1, 0.15) is 11.1 Å². The van der Waals surface area contributed by atoms with Crippen LogP contribution in [0.2, 0.25) is 0 Å².